The smallest absolute Gasteiger partial charge is 0.331 e. The SMILES string of the molecule is CCC(CC)(CN)NC(=O)Cn1ccc(=O)n(C)c1=O.Cl. The molecule has 0 saturated heterocycles. The van der Waals surface area contributed by atoms with E-state index in [1.54, 1.807) is 0 Å². The van der Waals surface area contributed by atoms with Crippen LogP contribution in [-0.4, -0.2) is 27.1 Å². The number of rotatable bonds is 6. The van der Waals surface area contributed by atoms with Gasteiger partial charge in [-0.05, 0) is 12.8 Å². The molecule has 0 bridgehead atoms. The van der Waals surface area contributed by atoms with Gasteiger partial charge < -0.3 is 11.1 Å². The van der Waals surface area contributed by atoms with Gasteiger partial charge in [0.25, 0.3) is 5.56 Å². The molecule has 0 aliphatic rings. The zero-order valence-electron chi connectivity index (χ0n) is 12.6. The van der Waals surface area contributed by atoms with E-state index < -0.39 is 16.8 Å². The maximum atomic E-state index is 12.0. The molecule has 7 nitrogen and oxygen atoms in total. The van der Waals surface area contributed by atoms with Crippen LogP contribution in [0.5, 0.6) is 0 Å². The molecule has 21 heavy (non-hydrogen) atoms. The highest BCUT2D eigenvalue weighted by atomic mass is 35.5. The predicted octanol–water partition coefficient (Wildman–Crippen LogP) is -0.397. The third kappa shape index (κ3) is 4.44. The largest absolute Gasteiger partial charge is 0.348 e. The summed E-state index contributed by atoms with van der Waals surface area (Å²) in [5, 5.41) is 2.88. The van der Waals surface area contributed by atoms with Crippen LogP contribution in [0.25, 0.3) is 0 Å². The van der Waals surface area contributed by atoms with Crippen molar-refractivity contribution in [2.24, 2.45) is 12.8 Å². The lowest BCUT2D eigenvalue weighted by Crippen LogP contribution is -2.54. The monoisotopic (exact) mass is 318 g/mol. The molecule has 0 aliphatic carbocycles. The van der Waals surface area contributed by atoms with Crippen molar-refractivity contribution in [3.63, 3.8) is 0 Å². The number of nitrogens with zero attached hydrogens (tertiary/aromatic N) is 2. The number of halogens is 1. The summed E-state index contributed by atoms with van der Waals surface area (Å²) in [4.78, 5) is 35.1. The number of amides is 1. The summed E-state index contributed by atoms with van der Waals surface area (Å²) >= 11 is 0. The van der Waals surface area contributed by atoms with Gasteiger partial charge in [0.1, 0.15) is 6.54 Å². The molecule has 0 atom stereocenters. The van der Waals surface area contributed by atoms with Gasteiger partial charge in [0.15, 0.2) is 0 Å². The Bertz CT molecular complexity index is 582. The van der Waals surface area contributed by atoms with Crippen LogP contribution in [0, 0.1) is 0 Å². The van der Waals surface area contributed by atoms with E-state index in [2.05, 4.69) is 5.32 Å². The van der Waals surface area contributed by atoms with Gasteiger partial charge in [-0.1, -0.05) is 13.8 Å². The fourth-order valence-electron chi connectivity index (χ4n) is 1.99. The van der Waals surface area contributed by atoms with E-state index in [0.717, 1.165) is 4.57 Å². The van der Waals surface area contributed by atoms with E-state index in [-0.39, 0.29) is 24.9 Å². The first-order chi connectivity index (χ1) is 9.39. The molecule has 3 N–H and O–H groups in total. The van der Waals surface area contributed by atoms with Crippen molar-refractivity contribution in [2.45, 2.75) is 38.8 Å². The minimum Gasteiger partial charge on any atom is -0.348 e. The lowest BCUT2D eigenvalue weighted by molar-refractivity contribution is -0.123. The normalized spacial score (nSPS) is 10.9. The molecule has 1 aromatic heterocycles. The number of carbonyl (C=O) groups excluding carboxylic acids is 1. The zero-order chi connectivity index (χ0) is 15.3. The second-order valence-corrected chi connectivity index (χ2v) is 4.86. The van der Waals surface area contributed by atoms with Crippen LogP contribution < -0.4 is 22.3 Å². The van der Waals surface area contributed by atoms with Gasteiger partial charge in [-0.2, -0.15) is 0 Å². The highest BCUT2D eigenvalue weighted by Crippen LogP contribution is 2.12. The molecule has 1 aromatic rings. The standard InChI is InChI=1S/C13H22N4O3.ClH/c1-4-13(5-2,9-14)15-10(18)8-17-7-6-11(19)16(3)12(17)20;/h6-7H,4-5,8-9,14H2,1-3H3,(H,15,18);1H. The van der Waals surface area contributed by atoms with E-state index in [9.17, 15) is 14.4 Å². The van der Waals surface area contributed by atoms with Crippen LogP contribution in [0.1, 0.15) is 26.7 Å². The molecule has 0 spiro atoms. The van der Waals surface area contributed by atoms with Crippen molar-refractivity contribution in [2.75, 3.05) is 6.54 Å². The summed E-state index contributed by atoms with van der Waals surface area (Å²) in [5.74, 6) is -0.292. The number of hydrogen-bond donors (Lipinski definition) is 2. The second kappa shape index (κ2) is 7.99. The third-order valence-corrected chi connectivity index (χ3v) is 3.72. The first kappa shape index (κ1) is 19.4. The molecule has 0 radical (unpaired) electrons. The summed E-state index contributed by atoms with van der Waals surface area (Å²) in [6.07, 6.45) is 2.76. The number of nitrogens with two attached hydrogens (primary N) is 1. The molecule has 0 unspecified atom stereocenters. The van der Waals surface area contributed by atoms with Gasteiger partial charge in [-0.15, -0.1) is 12.4 Å². The Labute approximate surface area is 129 Å². The second-order valence-electron chi connectivity index (χ2n) is 4.86. The maximum Gasteiger partial charge on any atom is 0.331 e. The molecule has 0 aromatic carbocycles. The van der Waals surface area contributed by atoms with Gasteiger partial charge in [-0.3, -0.25) is 18.7 Å². The molecule has 120 valence electrons. The zero-order valence-corrected chi connectivity index (χ0v) is 13.4. The van der Waals surface area contributed by atoms with Crippen molar-refractivity contribution in [3.05, 3.63) is 33.1 Å². The molecular formula is C13H23ClN4O3. The average molecular weight is 319 g/mol. The number of aromatic nitrogens is 2. The van der Waals surface area contributed by atoms with Crippen molar-refractivity contribution >= 4 is 18.3 Å². The Hall–Kier alpha value is -1.60. The van der Waals surface area contributed by atoms with E-state index in [4.69, 9.17) is 5.73 Å². The molecular weight excluding hydrogens is 296 g/mol. The number of hydrogen-bond acceptors (Lipinski definition) is 4. The lowest BCUT2D eigenvalue weighted by atomic mass is 9.93. The Balaban J connectivity index is 0.00000400. The van der Waals surface area contributed by atoms with Crippen molar-refractivity contribution in [3.8, 4) is 0 Å². The first-order valence-corrected chi connectivity index (χ1v) is 6.66. The maximum absolute atomic E-state index is 12.0. The van der Waals surface area contributed by atoms with Gasteiger partial charge in [0.05, 0.1) is 5.54 Å². The summed E-state index contributed by atoms with van der Waals surface area (Å²) in [6.45, 7) is 4.12. The van der Waals surface area contributed by atoms with E-state index in [0.29, 0.717) is 19.4 Å². The summed E-state index contributed by atoms with van der Waals surface area (Å²) in [6, 6.07) is 1.25. The van der Waals surface area contributed by atoms with Gasteiger partial charge >= 0.3 is 5.69 Å². The Morgan fingerprint density at radius 3 is 2.38 bits per heavy atom. The number of carbonyl (C=O) groups is 1. The predicted molar refractivity (Wildman–Crippen MR) is 83.7 cm³/mol. The molecule has 0 saturated carbocycles. The third-order valence-electron chi connectivity index (χ3n) is 3.72. The average Bonchev–Trinajstić information content (AvgIpc) is 2.45. The first-order valence-electron chi connectivity index (χ1n) is 6.66. The highest BCUT2D eigenvalue weighted by Gasteiger charge is 2.26. The van der Waals surface area contributed by atoms with Gasteiger partial charge in [-0.25, -0.2) is 4.79 Å². The minimum atomic E-state index is -0.515. The fourth-order valence-corrected chi connectivity index (χ4v) is 1.99. The Kier molecular flexibility index (Phi) is 7.38. The van der Waals surface area contributed by atoms with Crippen LogP contribution >= 0.6 is 12.4 Å². The minimum absolute atomic E-state index is 0. The van der Waals surface area contributed by atoms with E-state index in [1.807, 2.05) is 13.8 Å². The fraction of sp³-hybridized carbons (Fsp3) is 0.615. The molecule has 0 aliphatic heterocycles. The van der Waals surface area contributed by atoms with Crippen molar-refractivity contribution in [1.82, 2.24) is 14.5 Å². The van der Waals surface area contributed by atoms with E-state index in [1.165, 1.54) is 23.9 Å². The van der Waals surface area contributed by atoms with Crippen LogP contribution in [0.4, 0.5) is 0 Å². The van der Waals surface area contributed by atoms with E-state index >= 15 is 0 Å². The van der Waals surface area contributed by atoms with Crippen molar-refractivity contribution < 1.29 is 4.79 Å². The molecule has 8 heteroatoms. The lowest BCUT2D eigenvalue weighted by Gasteiger charge is -2.31. The summed E-state index contributed by atoms with van der Waals surface area (Å²) in [5.41, 5.74) is 4.36. The molecule has 1 amide bonds. The topological polar surface area (TPSA) is 99.1 Å². The Morgan fingerprint density at radius 1 is 1.33 bits per heavy atom. The molecule has 0 fully saturated rings. The summed E-state index contributed by atoms with van der Waals surface area (Å²) < 4.78 is 2.16. The highest BCUT2D eigenvalue weighted by molar-refractivity contribution is 5.85. The molecule has 1 rings (SSSR count). The van der Waals surface area contributed by atoms with Crippen molar-refractivity contribution in [1.29, 1.82) is 0 Å². The van der Waals surface area contributed by atoms with Crippen LogP contribution in [0.15, 0.2) is 21.9 Å². The Morgan fingerprint density at radius 2 is 1.90 bits per heavy atom. The van der Waals surface area contributed by atoms with Crippen LogP contribution in [0.2, 0.25) is 0 Å². The number of nitrogens with one attached hydrogen (secondary N) is 1. The summed E-state index contributed by atoms with van der Waals surface area (Å²) in [7, 11) is 1.38. The molecule has 1 heterocycles. The van der Waals surface area contributed by atoms with Crippen LogP contribution in [-0.2, 0) is 18.4 Å². The van der Waals surface area contributed by atoms with Crippen LogP contribution in [0.3, 0.4) is 0 Å². The van der Waals surface area contributed by atoms with Gasteiger partial charge in [0.2, 0.25) is 5.91 Å². The quantitative estimate of drug-likeness (QED) is 0.745. The van der Waals surface area contributed by atoms with Gasteiger partial charge in [0, 0.05) is 25.9 Å².